The van der Waals surface area contributed by atoms with Gasteiger partial charge in [-0.25, -0.2) is 0 Å². The van der Waals surface area contributed by atoms with Crippen molar-refractivity contribution in [2.24, 2.45) is 4.99 Å². The molecule has 120 valence electrons. The van der Waals surface area contributed by atoms with Crippen molar-refractivity contribution < 1.29 is 4.74 Å². The van der Waals surface area contributed by atoms with Crippen molar-refractivity contribution in [2.45, 2.75) is 6.92 Å². The van der Waals surface area contributed by atoms with Gasteiger partial charge in [0.2, 0.25) is 0 Å². The first-order chi connectivity index (χ1) is 11.1. The molecule has 1 aliphatic rings. The van der Waals surface area contributed by atoms with Gasteiger partial charge in [-0.3, -0.25) is 4.99 Å². The summed E-state index contributed by atoms with van der Waals surface area (Å²) in [7, 11) is 0. The number of hydrogen-bond donors (Lipinski definition) is 0. The number of aryl methyl sites for hydroxylation is 1. The van der Waals surface area contributed by atoms with E-state index in [-0.39, 0.29) is 0 Å². The van der Waals surface area contributed by atoms with Gasteiger partial charge in [0.25, 0.3) is 0 Å². The fourth-order valence-electron chi connectivity index (χ4n) is 2.53. The van der Waals surface area contributed by atoms with E-state index >= 15 is 0 Å². The molecule has 2 aromatic carbocycles. The van der Waals surface area contributed by atoms with Crippen molar-refractivity contribution in [1.82, 2.24) is 0 Å². The molecular formula is C18H18BrClN2O. The molecule has 0 saturated carbocycles. The highest BCUT2D eigenvalue weighted by Crippen LogP contribution is 2.27. The third-order valence-corrected chi connectivity index (χ3v) is 5.12. The summed E-state index contributed by atoms with van der Waals surface area (Å²) in [6.07, 6.45) is 1.89. The lowest BCUT2D eigenvalue weighted by atomic mass is 10.1. The van der Waals surface area contributed by atoms with Crippen LogP contribution in [0.1, 0.15) is 11.1 Å². The Morgan fingerprint density at radius 2 is 1.96 bits per heavy atom. The predicted octanol–water partition coefficient (Wildman–Crippen LogP) is 5.00. The SMILES string of the molecule is Cc1cc(N2CCOCC2)ccc1C=Nc1ccc(Br)c(Cl)c1. The Hall–Kier alpha value is -1.36. The molecule has 1 saturated heterocycles. The number of aliphatic imine (C=N–C) groups is 1. The Bertz CT molecular complexity index is 727. The molecular weight excluding hydrogens is 376 g/mol. The number of ether oxygens (including phenoxy) is 1. The first kappa shape index (κ1) is 16.5. The molecule has 0 N–H and O–H groups in total. The quantitative estimate of drug-likeness (QED) is 0.686. The van der Waals surface area contributed by atoms with E-state index in [4.69, 9.17) is 16.3 Å². The minimum Gasteiger partial charge on any atom is -0.378 e. The monoisotopic (exact) mass is 392 g/mol. The first-order valence-corrected chi connectivity index (χ1v) is 8.73. The summed E-state index contributed by atoms with van der Waals surface area (Å²) >= 11 is 9.48. The fourth-order valence-corrected chi connectivity index (χ4v) is 2.95. The first-order valence-electron chi connectivity index (χ1n) is 7.56. The van der Waals surface area contributed by atoms with Crippen LogP contribution in [-0.2, 0) is 4.74 Å². The maximum absolute atomic E-state index is 6.10. The number of halogens is 2. The highest BCUT2D eigenvalue weighted by Gasteiger charge is 2.11. The number of rotatable bonds is 3. The van der Waals surface area contributed by atoms with Crippen LogP contribution < -0.4 is 4.90 Å². The topological polar surface area (TPSA) is 24.8 Å². The minimum atomic E-state index is 0.666. The molecule has 5 heteroatoms. The van der Waals surface area contributed by atoms with Gasteiger partial charge in [-0.2, -0.15) is 0 Å². The molecule has 3 rings (SSSR count). The Balaban J connectivity index is 1.77. The van der Waals surface area contributed by atoms with Gasteiger partial charge >= 0.3 is 0 Å². The van der Waals surface area contributed by atoms with E-state index in [0.717, 1.165) is 42.0 Å². The average molecular weight is 394 g/mol. The normalized spacial score (nSPS) is 15.3. The van der Waals surface area contributed by atoms with Crippen LogP contribution in [0.15, 0.2) is 45.9 Å². The molecule has 1 heterocycles. The minimum absolute atomic E-state index is 0.666. The van der Waals surface area contributed by atoms with Gasteiger partial charge in [-0.15, -0.1) is 0 Å². The number of nitrogens with zero attached hydrogens (tertiary/aromatic N) is 2. The van der Waals surface area contributed by atoms with Gasteiger partial charge < -0.3 is 9.64 Å². The number of benzene rings is 2. The largest absolute Gasteiger partial charge is 0.378 e. The maximum atomic E-state index is 6.10. The summed E-state index contributed by atoms with van der Waals surface area (Å²) < 4.78 is 6.28. The van der Waals surface area contributed by atoms with Crippen LogP contribution in [-0.4, -0.2) is 32.5 Å². The molecule has 1 fully saturated rings. The number of morpholine rings is 1. The second kappa shape index (κ2) is 7.47. The highest BCUT2D eigenvalue weighted by atomic mass is 79.9. The van der Waals surface area contributed by atoms with Crippen molar-refractivity contribution in [3.8, 4) is 0 Å². The van der Waals surface area contributed by atoms with Crippen molar-refractivity contribution in [3.63, 3.8) is 0 Å². The maximum Gasteiger partial charge on any atom is 0.0645 e. The fraction of sp³-hybridized carbons (Fsp3) is 0.278. The molecule has 1 aliphatic heterocycles. The zero-order valence-corrected chi connectivity index (χ0v) is 15.3. The zero-order valence-electron chi connectivity index (χ0n) is 12.9. The van der Waals surface area contributed by atoms with Crippen molar-refractivity contribution in [1.29, 1.82) is 0 Å². The lowest BCUT2D eigenvalue weighted by Gasteiger charge is -2.29. The Labute approximate surface area is 150 Å². The highest BCUT2D eigenvalue weighted by molar-refractivity contribution is 9.10. The lowest BCUT2D eigenvalue weighted by Crippen LogP contribution is -2.36. The van der Waals surface area contributed by atoms with Gasteiger partial charge in [0, 0.05) is 29.5 Å². The average Bonchev–Trinajstić information content (AvgIpc) is 2.57. The summed E-state index contributed by atoms with van der Waals surface area (Å²) in [5.74, 6) is 0. The van der Waals surface area contributed by atoms with E-state index in [2.05, 4.69) is 50.9 Å². The standard InChI is InChI=1S/C18H18BrClN2O/c1-13-10-16(22-6-8-23-9-7-22)4-2-14(13)12-21-15-3-5-17(19)18(20)11-15/h2-5,10-12H,6-9H2,1H3. The van der Waals surface area contributed by atoms with Crippen LogP contribution in [0.2, 0.25) is 5.02 Å². The molecule has 0 bridgehead atoms. The van der Waals surface area contributed by atoms with Crippen molar-refractivity contribution in [2.75, 3.05) is 31.2 Å². The van der Waals surface area contributed by atoms with Crippen LogP contribution in [0.4, 0.5) is 11.4 Å². The summed E-state index contributed by atoms with van der Waals surface area (Å²) in [5.41, 5.74) is 4.41. The van der Waals surface area contributed by atoms with Crippen LogP contribution in [0.5, 0.6) is 0 Å². The van der Waals surface area contributed by atoms with Gasteiger partial charge in [-0.1, -0.05) is 17.7 Å². The van der Waals surface area contributed by atoms with Crippen molar-refractivity contribution >= 4 is 45.1 Å². The molecule has 3 nitrogen and oxygen atoms in total. The van der Waals surface area contributed by atoms with Gasteiger partial charge in [0.15, 0.2) is 0 Å². The van der Waals surface area contributed by atoms with E-state index in [1.54, 1.807) is 0 Å². The summed E-state index contributed by atoms with van der Waals surface area (Å²) in [5, 5.41) is 0.666. The molecule has 0 atom stereocenters. The molecule has 0 aromatic heterocycles. The summed E-state index contributed by atoms with van der Waals surface area (Å²) in [6.45, 7) is 5.60. The van der Waals surface area contributed by atoms with E-state index in [0.29, 0.717) is 5.02 Å². The smallest absolute Gasteiger partial charge is 0.0645 e. The Morgan fingerprint density at radius 1 is 1.17 bits per heavy atom. The van der Waals surface area contributed by atoms with Crippen LogP contribution >= 0.6 is 27.5 Å². The molecule has 2 aromatic rings. The van der Waals surface area contributed by atoms with E-state index in [9.17, 15) is 0 Å². The lowest BCUT2D eigenvalue weighted by molar-refractivity contribution is 0.122. The van der Waals surface area contributed by atoms with Crippen LogP contribution in [0, 0.1) is 6.92 Å². The third kappa shape index (κ3) is 4.14. The van der Waals surface area contributed by atoms with Gasteiger partial charge in [-0.05, 0) is 64.3 Å². The molecule has 0 amide bonds. The molecule has 0 aliphatic carbocycles. The molecule has 23 heavy (non-hydrogen) atoms. The van der Waals surface area contributed by atoms with Crippen LogP contribution in [0.3, 0.4) is 0 Å². The summed E-state index contributed by atoms with van der Waals surface area (Å²) in [6, 6.07) is 12.2. The van der Waals surface area contributed by atoms with E-state index in [1.165, 1.54) is 11.3 Å². The van der Waals surface area contributed by atoms with Gasteiger partial charge in [0.05, 0.1) is 23.9 Å². The zero-order chi connectivity index (χ0) is 16.2. The molecule has 0 spiro atoms. The molecule has 0 unspecified atom stereocenters. The predicted molar refractivity (Wildman–Crippen MR) is 101 cm³/mol. The third-order valence-electron chi connectivity index (χ3n) is 3.89. The Morgan fingerprint density at radius 3 is 2.65 bits per heavy atom. The molecule has 0 radical (unpaired) electrons. The van der Waals surface area contributed by atoms with Crippen LogP contribution in [0.25, 0.3) is 0 Å². The van der Waals surface area contributed by atoms with Crippen molar-refractivity contribution in [3.05, 3.63) is 57.0 Å². The Kier molecular flexibility index (Phi) is 5.36. The number of anilines is 1. The second-order valence-corrected chi connectivity index (χ2v) is 6.76. The second-order valence-electron chi connectivity index (χ2n) is 5.50. The van der Waals surface area contributed by atoms with Gasteiger partial charge in [0.1, 0.15) is 0 Å². The van der Waals surface area contributed by atoms with E-state index < -0.39 is 0 Å². The van der Waals surface area contributed by atoms with E-state index in [1.807, 2.05) is 24.4 Å². The number of hydrogen-bond acceptors (Lipinski definition) is 3. The summed E-state index contributed by atoms with van der Waals surface area (Å²) in [4.78, 5) is 6.87.